The van der Waals surface area contributed by atoms with Gasteiger partial charge in [0.15, 0.2) is 0 Å². The summed E-state index contributed by atoms with van der Waals surface area (Å²) in [7, 11) is 0. The highest BCUT2D eigenvalue weighted by Gasteiger charge is 2.49. The SMILES string of the molecule is CCCCOC[C@@H]1CC[C@H]2O[C@@H]12. The molecule has 0 spiro atoms. The molecule has 70 valence electrons. The Morgan fingerprint density at radius 2 is 2.33 bits per heavy atom. The molecule has 0 bridgehead atoms. The quantitative estimate of drug-likeness (QED) is 0.465. The van der Waals surface area contributed by atoms with E-state index in [-0.39, 0.29) is 0 Å². The van der Waals surface area contributed by atoms with E-state index in [0.717, 1.165) is 13.2 Å². The van der Waals surface area contributed by atoms with Crippen LogP contribution in [0.3, 0.4) is 0 Å². The smallest absolute Gasteiger partial charge is 0.0891 e. The van der Waals surface area contributed by atoms with Gasteiger partial charge in [-0.2, -0.15) is 0 Å². The Hall–Kier alpha value is -0.0800. The van der Waals surface area contributed by atoms with Crippen molar-refractivity contribution in [3.05, 3.63) is 0 Å². The Labute approximate surface area is 74.2 Å². The molecule has 0 aromatic carbocycles. The van der Waals surface area contributed by atoms with Gasteiger partial charge in [-0.15, -0.1) is 0 Å². The molecule has 12 heavy (non-hydrogen) atoms. The van der Waals surface area contributed by atoms with E-state index in [1.54, 1.807) is 0 Å². The predicted molar refractivity (Wildman–Crippen MR) is 47.1 cm³/mol. The van der Waals surface area contributed by atoms with Gasteiger partial charge in [-0.25, -0.2) is 0 Å². The largest absolute Gasteiger partial charge is 0.381 e. The van der Waals surface area contributed by atoms with Crippen LogP contribution in [-0.2, 0) is 9.47 Å². The van der Waals surface area contributed by atoms with Crippen molar-refractivity contribution < 1.29 is 9.47 Å². The third-order valence-corrected chi connectivity index (χ3v) is 2.88. The number of epoxide rings is 1. The molecule has 1 saturated carbocycles. The fourth-order valence-corrected chi connectivity index (χ4v) is 2.01. The number of ether oxygens (including phenoxy) is 2. The molecule has 0 aromatic rings. The number of unbranched alkanes of at least 4 members (excludes halogenated alkanes) is 1. The van der Waals surface area contributed by atoms with Crippen molar-refractivity contribution in [2.75, 3.05) is 13.2 Å². The lowest BCUT2D eigenvalue weighted by Gasteiger charge is -2.10. The van der Waals surface area contributed by atoms with E-state index in [4.69, 9.17) is 9.47 Å². The summed E-state index contributed by atoms with van der Waals surface area (Å²) in [4.78, 5) is 0. The van der Waals surface area contributed by atoms with Crippen LogP contribution in [0.25, 0.3) is 0 Å². The van der Waals surface area contributed by atoms with Gasteiger partial charge in [-0.3, -0.25) is 0 Å². The molecule has 0 amide bonds. The van der Waals surface area contributed by atoms with E-state index in [0.29, 0.717) is 18.1 Å². The van der Waals surface area contributed by atoms with Crippen LogP contribution in [0.1, 0.15) is 32.6 Å². The van der Waals surface area contributed by atoms with Gasteiger partial charge in [0.05, 0.1) is 18.8 Å². The summed E-state index contributed by atoms with van der Waals surface area (Å²) in [6.45, 7) is 4.06. The Morgan fingerprint density at radius 3 is 2.92 bits per heavy atom. The van der Waals surface area contributed by atoms with Gasteiger partial charge in [-0.05, 0) is 19.3 Å². The highest BCUT2D eigenvalue weighted by molar-refractivity contribution is 4.97. The van der Waals surface area contributed by atoms with Crippen LogP contribution >= 0.6 is 0 Å². The van der Waals surface area contributed by atoms with Crippen LogP contribution in [-0.4, -0.2) is 25.4 Å². The van der Waals surface area contributed by atoms with Crippen LogP contribution in [0.4, 0.5) is 0 Å². The maximum atomic E-state index is 5.58. The Bertz CT molecular complexity index is 147. The average Bonchev–Trinajstić information content (AvgIpc) is 2.76. The maximum absolute atomic E-state index is 5.58. The molecule has 0 radical (unpaired) electrons. The molecule has 2 aliphatic rings. The highest BCUT2D eigenvalue weighted by atomic mass is 16.6. The number of fused-ring (bicyclic) bond motifs is 1. The lowest BCUT2D eigenvalue weighted by Crippen LogP contribution is -2.12. The van der Waals surface area contributed by atoms with Gasteiger partial charge in [0.25, 0.3) is 0 Å². The van der Waals surface area contributed by atoms with E-state index in [1.807, 2.05) is 0 Å². The van der Waals surface area contributed by atoms with Crippen molar-refractivity contribution >= 4 is 0 Å². The third-order valence-electron chi connectivity index (χ3n) is 2.88. The second-order valence-corrected chi connectivity index (χ2v) is 3.91. The van der Waals surface area contributed by atoms with E-state index < -0.39 is 0 Å². The summed E-state index contributed by atoms with van der Waals surface area (Å²) in [6, 6.07) is 0. The first-order valence-corrected chi connectivity index (χ1v) is 5.15. The van der Waals surface area contributed by atoms with Crippen molar-refractivity contribution in [1.29, 1.82) is 0 Å². The van der Waals surface area contributed by atoms with Crippen molar-refractivity contribution in [2.45, 2.75) is 44.8 Å². The van der Waals surface area contributed by atoms with Gasteiger partial charge < -0.3 is 9.47 Å². The highest BCUT2D eigenvalue weighted by Crippen LogP contribution is 2.42. The van der Waals surface area contributed by atoms with Crippen molar-refractivity contribution in [3.8, 4) is 0 Å². The van der Waals surface area contributed by atoms with E-state index in [2.05, 4.69) is 6.92 Å². The predicted octanol–water partition coefficient (Wildman–Crippen LogP) is 1.98. The molecule has 1 saturated heterocycles. The zero-order chi connectivity index (χ0) is 8.39. The minimum absolute atomic E-state index is 0.576. The standard InChI is InChI=1S/C10H18O2/c1-2-3-6-11-7-8-4-5-9-10(8)12-9/h8-10H,2-7H2,1H3/t8-,9+,10-/m0/s1. The van der Waals surface area contributed by atoms with Crippen molar-refractivity contribution in [2.24, 2.45) is 5.92 Å². The molecular weight excluding hydrogens is 152 g/mol. The van der Waals surface area contributed by atoms with Crippen LogP contribution in [0, 0.1) is 5.92 Å². The van der Waals surface area contributed by atoms with E-state index >= 15 is 0 Å². The fourth-order valence-electron chi connectivity index (χ4n) is 2.01. The Kier molecular flexibility index (Phi) is 2.66. The summed E-state index contributed by atoms with van der Waals surface area (Å²) in [5.74, 6) is 0.715. The lowest BCUT2D eigenvalue weighted by atomic mass is 10.1. The van der Waals surface area contributed by atoms with Crippen LogP contribution in [0.2, 0.25) is 0 Å². The van der Waals surface area contributed by atoms with Crippen LogP contribution in [0.5, 0.6) is 0 Å². The monoisotopic (exact) mass is 170 g/mol. The molecule has 1 aliphatic carbocycles. The van der Waals surface area contributed by atoms with Gasteiger partial charge in [0, 0.05) is 12.5 Å². The Morgan fingerprint density at radius 1 is 1.42 bits per heavy atom. The summed E-state index contributed by atoms with van der Waals surface area (Å²) in [5, 5.41) is 0. The summed E-state index contributed by atoms with van der Waals surface area (Å²) >= 11 is 0. The van der Waals surface area contributed by atoms with Gasteiger partial charge in [0.2, 0.25) is 0 Å². The zero-order valence-electron chi connectivity index (χ0n) is 7.79. The minimum Gasteiger partial charge on any atom is -0.381 e. The molecule has 0 unspecified atom stereocenters. The fraction of sp³-hybridized carbons (Fsp3) is 1.00. The molecular formula is C10H18O2. The lowest BCUT2D eigenvalue weighted by molar-refractivity contribution is 0.0810. The van der Waals surface area contributed by atoms with Crippen LogP contribution in [0.15, 0.2) is 0 Å². The molecule has 1 aliphatic heterocycles. The average molecular weight is 170 g/mol. The second kappa shape index (κ2) is 3.75. The molecule has 0 aromatic heterocycles. The molecule has 2 nitrogen and oxygen atoms in total. The van der Waals surface area contributed by atoms with Crippen LogP contribution < -0.4 is 0 Å². The molecule has 1 heterocycles. The first kappa shape index (κ1) is 8.52. The first-order chi connectivity index (χ1) is 5.92. The third kappa shape index (κ3) is 1.80. The van der Waals surface area contributed by atoms with Gasteiger partial charge in [0.1, 0.15) is 0 Å². The Balaban J connectivity index is 1.55. The summed E-state index contributed by atoms with van der Waals surface area (Å²) < 4.78 is 11.0. The van der Waals surface area contributed by atoms with Gasteiger partial charge >= 0.3 is 0 Å². The second-order valence-electron chi connectivity index (χ2n) is 3.91. The zero-order valence-corrected chi connectivity index (χ0v) is 7.79. The molecule has 0 N–H and O–H groups in total. The first-order valence-electron chi connectivity index (χ1n) is 5.15. The topological polar surface area (TPSA) is 21.8 Å². The molecule has 2 fully saturated rings. The number of hydrogen-bond acceptors (Lipinski definition) is 2. The molecule has 3 atom stereocenters. The van der Waals surface area contributed by atoms with Gasteiger partial charge in [-0.1, -0.05) is 13.3 Å². The maximum Gasteiger partial charge on any atom is 0.0891 e. The summed E-state index contributed by atoms with van der Waals surface area (Å²) in [5.41, 5.74) is 0. The van der Waals surface area contributed by atoms with E-state index in [9.17, 15) is 0 Å². The van der Waals surface area contributed by atoms with Crippen molar-refractivity contribution in [1.82, 2.24) is 0 Å². The summed E-state index contributed by atoms with van der Waals surface area (Å²) in [6.07, 6.45) is 6.21. The number of hydrogen-bond donors (Lipinski definition) is 0. The van der Waals surface area contributed by atoms with E-state index in [1.165, 1.54) is 25.7 Å². The normalized spacial score (nSPS) is 38.2. The molecule has 2 rings (SSSR count). The number of rotatable bonds is 5. The molecule has 2 heteroatoms. The van der Waals surface area contributed by atoms with Crippen molar-refractivity contribution in [3.63, 3.8) is 0 Å². The minimum atomic E-state index is 0.576.